The van der Waals surface area contributed by atoms with Crippen molar-refractivity contribution in [3.05, 3.63) is 176 Å². The Labute approximate surface area is 281 Å². The van der Waals surface area contributed by atoms with Gasteiger partial charge in [-0.15, -0.1) is 0 Å². The van der Waals surface area contributed by atoms with Gasteiger partial charge in [0.05, 0.1) is 5.70 Å². The number of nitrogens with zero attached hydrogens (tertiary/aromatic N) is 3. The topological polar surface area (TPSA) is 47.3 Å². The highest BCUT2D eigenvalue weighted by Crippen LogP contribution is 2.39. The first-order valence-electron chi connectivity index (χ1n) is 16.3. The Kier molecular flexibility index (Phi) is 6.07. The second-order valence-electron chi connectivity index (χ2n) is 12.2. The molecular formula is C44H27N3O2. The highest BCUT2D eigenvalue weighted by molar-refractivity contribution is 6.10. The summed E-state index contributed by atoms with van der Waals surface area (Å²) < 4.78 is 14.7. The molecule has 5 nitrogen and oxygen atoms in total. The normalized spacial score (nSPS) is 12.9. The Morgan fingerprint density at radius 3 is 1.71 bits per heavy atom. The molecule has 49 heavy (non-hydrogen) atoms. The van der Waals surface area contributed by atoms with E-state index in [0.717, 1.165) is 89.0 Å². The fourth-order valence-corrected chi connectivity index (χ4v) is 6.94. The maximum atomic E-state index is 6.32. The molecule has 0 fully saturated rings. The zero-order valence-corrected chi connectivity index (χ0v) is 26.2. The molecule has 0 N–H and O–H groups in total. The lowest BCUT2D eigenvalue weighted by molar-refractivity contribution is 0.668. The van der Waals surface area contributed by atoms with Crippen molar-refractivity contribution in [1.82, 2.24) is 9.55 Å². The summed E-state index contributed by atoms with van der Waals surface area (Å²) in [5.74, 6) is 0.900. The number of hydrogen-bond donors (Lipinski definition) is 0. The Balaban J connectivity index is 1.06. The minimum atomic E-state index is 0.853. The number of aromatic nitrogens is 2. The summed E-state index contributed by atoms with van der Waals surface area (Å²) in [7, 11) is 0. The third-order valence-electron chi connectivity index (χ3n) is 9.31. The molecule has 3 aromatic heterocycles. The molecule has 9 aromatic rings. The fraction of sp³-hybridized carbons (Fsp3) is 0. The van der Waals surface area contributed by atoms with Gasteiger partial charge >= 0.3 is 0 Å². The SMILES string of the molecule is C1=CC=CN(c2ccc3oc4ccc(-c5ccc6oc7ccc(-n8ccnc8-c8ccccc8)cc7c6c5)cc4c3c2)C=1c1ccccc1. The van der Waals surface area contributed by atoms with Crippen molar-refractivity contribution in [3.63, 3.8) is 0 Å². The predicted octanol–water partition coefficient (Wildman–Crippen LogP) is 11.5. The molecule has 0 bridgehead atoms. The lowest BCUT2D eigenvalue weighted by Gasteiger charge is -2.24. The quantitative estimate of drug-likeness (QED) is 0.178. The second-order valence-corrected chi connectivity index (χ2v) is 12.2. The number of benzene rings is 6. The first kappa shape index (κ1) is 27.3. The third kappa shape index (κ3) is 4.53. The Morgan fingerprint density at radius 1 is 0.510 bits per heavy atom. The molecule has 0 amide bonds. The fourth-order valence-electron chi connectivity index (χ4n) is 6.94. The number of rotatable bonds is 5. The van der Waals surface area contributed by atoms with Crippen LogP contribution >= 0.6 is 0 Å². The minimum absolute atomic E-state index is 0.853. The maximum absolute atomic E-state index is 6.32. The van der Waals surface area contributed by atoms with E-state index < -0.39 is 0 Å². The molecule has 0 spiro atoms. The van der Waals surface area contributed by atoms with E-state index in [1.165, 1.54) is 0 Å². The standard InChI is InChI=1S/C44H27N3O2/c1-3-9-29(10-4-1)39-13-7-8-23-46(39)33-16-20-42-37(27-33)35-25-31(14-18-40(35)48-42)32-15-19-41-36(26-32)38-28-34(17-21-43(38)49-41)47-24-22-45-44(47)30-11-5-2-6-12-30/h1-12,14-28H. The summed E-state index contributed by atoms with van der Waals surface area (Å²) in [5.41, 5.74) is 14.3. The zero-order valence-electron chi connectivity index (χ0n) is 26.2. The monoisotopic (exact) mass is 629 g/mol. The summed E-state index contributed by atoms with van der Waals surface area (Å²) in [6.07, 6.45) is 9.90. The maximum Gasteiger partial charge on any atom is 0.144 e. The van der Waals surface area contributed by atoms with Gasteiger partial charge in [-0.1, -0.05) is 78.5 Å². The number of anilines is 1. The summed E-state index contributed by atoms with van der Waals surface area (Å²) in [6.45, 7) is 0. The Bertz CT molecular complexity index is 2810. The highest BCUT2D eigenvalue weighted by Gasteiger charge is 2.17. The van der Waals surface area contributed by atoms with E-state index in [1.54, 1.807) is 0 Å². The number of fused-ring (bicyclic) bond motifs is 6. The molecule has 4 heterocycles. The molecule has 1 aliphatic heterocycles. The molecule has 0 aliphatic carbocycles. The molecule has 0 saturated carbocycles. The molecule has 1 aliphatic rings. The molecule has 5 heteroatoms. The van der Waals surface area contributed by atoms with Crippen molar-refractivity contribution in [3.8, 4) is 28.2 Å². The molecule has 0 unspecified atom stereocenters. The van der Waals surface area contributed by atoms with Crippen LogP contribution in [0.2, 0.25) is 0 Å². The zero-order chi connectivity index (χ0) is 32.3. The molecule has 10 rings (SSSR count). The van der Waals surface area contributed by atoms with Crippen LogP contribution in [0.15, 0.2) is 179 Å². The van der Waals surface area contributed by atoms with Crippen LogP contribution < -0.4 is 4.90 Å². The number of hydrogen-bond acceptors (Lipinski definition) is 4. The van der Waals surface area contributed by atoms with E-state index in [2.05, 4.69) is 130 Å². The van der Waals surface area contributed by atoms with Crippen LogP contribution in [-0.2, 0) is 0 Å². The van der Waals surface area contributed by atoms with Gasteiger partial charge < -0.3 is 13.7 Å². The average Bonchev–Trinajstić information content (AvgIpc) is 3.90. The number of imidazole rings is 1. The van der Waals surface area contributed by atoms with Gasteiger partial charge in [0.25, 0.3) is 0 Å². The number of allylic oxidation sites excluding steroid dienone is 2. The average molecular weight is 630 g/mol. The van der Waals surface area contributed by atoms with Crippen molar-refractivity contribution in [2.75, 3.05) is 4.90 Å². The minimum Gasteiger partial charge on any atom is -0.456 e. The highest BCUT2D eigenvalue weighted by atomic mass is 16.3. The molecule has 6 aromatic carbocycles. The van der Waals surface area contributed by atoms with Crippen molar-refractivity contribution in [2.45, 2.75) is 0 Å². The summed E-state index contributed by atoms with van der Waals surface area (Å²) in [5, 5.41) is 4.27. The van der Waals surface area contributed by atoms with Crippen LogP contribution in [0.5, 0.6) is 0 Å². The number of furan rings is 2. The lowest BCUT2D eigenvalue weighted by atomic mass is 10.0. The van der Waals surface area contributed by atoms with E-state index >= 15 is 0 Å². The first-order valence-corrected chi connectivity index (χ1v) is 16.3. The predicted molar refractivity (Wildman–Crippen MR) is 199 cm³/mol. The molecule has 0 atom stereocenters. The Morgan fingerprint density at radius 2 is 1.06 bits per heavy atom. The smallest absolute Gasteiger partial charge is 0.144 e. The molecule has 0 saturated heterocycles. The van der Waals surface area contributed by atoms with Gasteiger partial charge in [0.15, 0.2) is 0 Å². The summed E-state index contributed by atoms with van der Waals surface area (Å²) in [4.78, 5) is 6.84. The van der Waals surface area contributed by atoms with Gasteiger partial charge in [0.1, 0.15) is 28.2 Å². The van der Waals surface area contributed by atoms with Crippen molar-refractivity contribution in [1.29, 1.82) is 0 Å². The van der Waals surface area contributed by atoms with Gasteiger partial charge in [-0.05, 0) is 83.9 Å². The Hall–Kier alpha value is -6.81. The van der Waals surface area contributed by atoms with E-state index in [0.29, 0.717) is 0 Å². The lowest BCUT2D eigenvalue weighted by Crippen LogP contribution is -2.14. The van der Waals surface area contributed by atoms with Crippen LogP contribution in [0.25, 0.3) is 77.8 Å². The van der Waals surface area contributed by atoms with Crippen molar-refractivity contribution >= 4 is 55.3 Å². The van der Waals surface area contributed by atoms with E-state index in [9.17, 15) is 0 Å². The second kappa shape index (κ2) is 10.9. The van der Waals surface area contributed by atoms with Crippen LogP contribution in [0.1, 0.15) is 5.56 Å². The van der Waals surface area contributed by atoms with Crippen molar-refractivity contribution in [2.24, 2.45) is 0 Å². The van der Waals surface area contributed by atoms with Crippen LogP contribution in [0.3, 0.4) is 0 Å². The third-order valence-corrected chi connectivity index (χ3v) is 9.31. The van der Waals surface area contributed by atoms with Gasteiger partial charge in [-0.2, -0.15) is 0 Å². The molecule has 0 radical (unpaired) electrons. The van der Waals surface area contributed by atoms with Gasteiger partial charge in [-0.3, -0.25) is 4.57 Å². The van der Waals surface area contributed by atoms with Crippen molar-refractivity contribution < 1.29 is 8.83 Å². The molecular weight excluding hydrogens is 603 g/mol. The van der Waals surface area contributed by atoms with Gasteiger partial charge in [-0.25, -0.2) is 4.98 Å². The molecule has 230 valence electrons. The van der Waals surface area contributed by atoms with Crippen LogP contribution in [0, 0.1) is 0 Å². The largest absolute Gasteiger partial charge is 0.456 e. The van der Waals surface area contributed by atoms with Gasteiger partial charge in [0.2, 0.25) is 0 Å². The van der Waals surface area contributed by atoms with E-state index in [1.807, 2.05) is 54.9 Å². The first-order chi connectivity index (χ1) is 24.3. The van der Waals surface area contributed by atoms with E-state index in [4.69, 9.17) is 8.83 Å². The summed E-state index contributed by atoms with van der Waals surface area (Å²) in [6, 6.07) is 46.2. The van der Waals surface area contributed by atoms with Crippen LogP contribution in [-0.4, -0.2) is 9.55 Å². The van der Waals surface area contributed by atoms with E-state index in [-0.39, 0.29) is 0 Å². The van der Waals surface area contributed by atoms with Gasteiger partial charge in [0, 0.05) is 62.6 Å². The van der Waals surface area contributed by atoms with Crippen LogP contribution in [0.4, 0.5) is 5.69 Å². The summed E-state index contributed by atoms with van der Waals surface area (Å²) >= 11 is 0.